The number of nitrogens with zero attached hydrogens (tertiary/aromatic N) is 3. The number of aryl methyl sites for hydroxylation is 2. The first kappa shape index (κ1) is 11.3. The molecule has 1 aromatic heterocycles. The van der Waals surface area contributed by atoms with Crippen molar-refractivity contribution in [2.45, 2.75) is 26.8 Å². The predicted octanol–water partition coefficient (Wildman–Crippen LogP) is 3.43. The summed E-state index contributed by atoms with van der Waals surface area (Å²) in [7, 11) is 0. The van der Waals surface area contributed by atoms with Gasteiger partial charge in [-0.15, -0.1) is 10.2 Å². The summed E-state index contributed by atoms with van der Waals surface area (Å²) in [5.74, 6) is 0.945. The zero-order valence-electron chi connectivity index (χ0n) is 9.44. The van der Waals surface area contributed by atoms with Gasteiger partial charge in [0.15, 0.2) is 5.82 Å². The standard InChI is InChI=1S/C12H14BrN3/c1-3-6-16-8-14-15-12(16)11-7-10(13)5-4-9(11)2/h4-5,7-8H,3,6H2,1-2H3. The normalized spacial score (nSPS) is 10.7. The lowest BCUT2D eigenvalue weighted by molar-refractivity contribution is 0.682. The Kier molecular flexibility index (Phi) is 3.39. The highest BCUT2D eigenvalue weighted by Crippen LogP contribution is 2.25. The minimum atomic E-state index is 0.945. The molecule has 0 saturated carbocycles. The van der Waals surface area contributed by atoms with Crippen molar-refractivity contribution in [3.05, 3.63) is 34.6 Å². The first-order valence-corrected chi connectivity index (χ1v) is 6.16. The van der Waals surface area contributed by atoms with E-state index in [-0.39, 0.29) is 0 Å². The van der Waals surface area contributed by atoms with Crippen LogP contribution in [-0.2, 0) is 6.54 Å². The average Bonchev–Trinajstić information content (AvgIpc) is 2.70. The molecule has 84 valence electrons. The Bertz CT molecular complexity index is 491. The molecule has 3 nitrogen and oxygen atoms in total. The van der Waals surface area contributed by atoms with E-state index in [2.05, 4.69) is 56.7 Å². The van der Waals surface area contributed by atoms with Crippen LogP contribution in [0.1, 0.15) is 18.9 Å². The average molecular weight is 280 g/mol. The SMILES string of the molecule is CCCn1cnnc1-c1cc(Br)ccc1C. The molecule has 1 heterocycles. The molecule has 0 fully saturated rings. The third-order valence-corrected chi connectivity index (χ3v) is 3.01. The van der Waals surface area contributed by atoms with Gasteiger partial charge in [-0.1, -0.05) is 28.9 Å². The fraction of sp³-hybridized carbons (Fsp3) is 0.333. The Labute approximate surface area is 104 Å². The van der Waals surface area contributed by atoms with E-state index in [1.54, 1.807) is 6.33 Å². The van der Waals surface area contributed by atoms with Crippen LogP contribution in [0, 0.1) is 6.92 Å². The van der Waals surface area contributed by atoms with E-state index in [1.165, 1.54) is 5.56 Å². The molecule has 2 rings (SSSR count). The highest BCUT2D eigenvalue weighted by atomic mass is 79.9. The predicted molar refractivity (Wildman–Crippen MR) is 68.2 cm³/mol. The first-order valence-electron chi connectivity index (χ1n) is 5.36. The molecule has 0 aliphatic carbocycles. The zero-order valence-corrected chi connectivity index (χ0v) is 11.0. The van der Waals surface area contributed by atoms with Gasteiger partial charge in [0, 0.05) is 16.6 Å². The van der Waals surface area contributed by atoms with Crippen LogP contribution in [-0.4, -0.2) is 14.8 Å². The van der Waals surface area contributed by atoms with Gasteiger partial charge in [-0.25, -0.2) is 0 Å². The summed E-state index contributed by atoms with van der Waals surface area (Å²) in [6, 6.07) is 6.22. The van der Waals surface area contributed by atoms with Crippen molar-refractivity contribution in [2.75, 3.05) is 0 Å². The van der Waals surface area contributed by atoms with Crippen LogP contribution in [0.15, 0.2) is 29.0 Å². The van der Waals surface area contributed by atoms with Gasteiger partial charge in [-0.05, 0) is 31.0 Å². The summed E-state index contributed by atoms with van der Waals surface area (Å²) in [6.07, 6.45) is 2.87. The quantitative estimate of drug-likeness (QED) is 0.862. The summed E-state index contributed by atoms with van der Waals surface area (Å²) >= 11 is 3.49. The van der Waals surface area contributed by atoms with Gasteiger partial charge in [0.2, 0.25) is 0 Å². The molecular formula is C12H14BrN3. The van der Waals surface area contributed by atoms with Crippen molar-refractivity contribution >= 4 is 15.9 Å². The lowest BCUT2D eigenvalue weighted by Crippen LogP contribution is -1.99. The molecule has 0 unspecified atom stereocenters. The Morgan fingerprint density at radius 1 is 1.38 bits per heavy atom. The van der Waals surface area contributed by atoms with Crippen molar-refractivity contribution < 1.29 is 0 Å². The van der Waals surface area contributed by atoms with Gasteiger partial charge in [0.25, 0.3) is 0 Å². The molecule has 0 aliphatic heterocycles. The van der Waals surface area contributed by atoms with Crippen LogP contribution < -0.4 is 0 Å². The third-order valence-electron chi connectivity index (χ3n) is 2.52. The number of rotatable bonds is 3. The maximum atomic E-state index is 4.20. The van der Waals surface area contributed by atoms with E-state index in [9.17, 15) is 0 Å². The fourth-order valence-electron chi connectivity index (χ4n) is 1.70. The van der Waals surface area contributed by atoms with E-state index >= 15 is 0 Å². The molecule has 0 spiro atoms. The Balaban J connectivity index is 2.49. The lowest BCUT2D eigenvalue weighted by Gasteiger charge is -2.08. The summed E-state index contributed by atoms with van der Waals surface area (Å²) in [4.78, 5) is 0. The Morgan fingerprint density at radius 2 is 2.19 bits per heavy atom. The number of aromatic nitrogens is 3. The summed E-state index contributed by atoms with van der Waals surface area (Å²) in [5, 5.41) is 8.18. The largest absolute Gasteiger partial charge is 0.314 e. The molecular weight excluding hydrogens is 266 g/mol. The molecule has 16 heavy (non-hydrogen) atoms. The Hall–Kier alpha value is -1.16. The minimum Gasteiger partial charge on any atom is -0.314 e. The van der Waals surface area contributed by atoms with Crippen molar-refractivity contribution in [1.29, 1.82) is 0 Å². The van der Waals surface area contributed by atoms with Crippen molar-refractivity contribution in [3.8, 4) is 11.4 Å². The van der Waals surface area contributed by atoms with Crippen LogP contribution in [0.4, 0.5) is 0 Å². The number of hydrogen-bond donors (Lipinski definition) is 0. The van der Waals surface area contributed by atoms with Gasteiger partial charge >= 0.3 is 0 Å². The van der Waals surface area contributed by atoms with Gasteiger partial charge in [0.05, 0.1) is 0 Å². The number of benzene rings is 1. The van der Waals surface area contributed by atoms with Crippen molar-refractivity contribution in [1.82, 2.24) is 14.8 Å². The van der Waals surface area contributed by atoms with E-state index in [4.69, 9.17) is 0 Å². The van der Waals surface area contributed by atoms with Crippen LogP contribution in [0.25, 0.3) is 11.4 Å². The Morgan fingerprint density at radius 3 is 2.94 bits per heavy atom. The molecule has 0 atom stereocenters. The molecule has 0 saturated heterocycles. The molecule has 0 aliphatic rings. The fourth-order valence-corrected chi connectivity index (χ4v) is 2.06. The summed E-state index contributed by atoms with van der Waals surface area (Å²) < 4.78 is 3.16. The first-order chi connectivity index (χ1) is 7.72. The van der Waals surface area contributed by atoms with Crippen LogP contribution in [0.3, 0.4) is 0 Å². The molecule has 0 amide bonds. The van der Waals surface area contributed by atoms with Crippen molar-refractivity contribution in [2.24, 2.45) is 0 Å². The minimum absolute atomic E-state index is 0.945. The van der Waals surface area contributed by atoms with Crippen LogP contribution >= 0.6 is 15.9 Å². The highest BCUT2D eigenvalue weighted by Gasteiger charge is 2.09. The molecule has 4 heteroatoms. The topological polar surface area (TPSA) is 30.7 Å². The molecule has 0 radical (unpaired) electrons. The van der Waals surface area contributed by atoms with Gasteiger partial charge < -0.3 is 4.57 Å². The smallest absolute Gasteiger partial charge is 0.164 e. The summed E-state index contributed by atoms with van der Waals surface area (Å²) in [6.45, 7) is 5.19. The highest BCUT2D eigenvalue weighted by molar-refractivity contribution is 9.10. The van der Waals surface area contributed by atoms with Crippen LogP contribution in [0.5, 0.6) is 0 Å². The van der Waals surface area contributed by atoms with E-state index in [1.807, 2.05) is 6.07 Å². The number of hydrogen-bond acceptors (Lipinski definition) is 2. The third kappa shape index (κ3) is 2.16. The maximum absolute atomic E-state index is 4.20. The zero-order chi connectivity index (χ0) is 11.5. The monoisotopic (exact) mass is 279 g/mol. The van der Waals surface area contributed by atoms with Gasteiger partial charge in [-0.3, -0.25) is 0 Å². The maximum Gasteiger partial charge on any atom is 0.164 e. The van der Waals surface area contributed by atoms with E-state index in [0.29, 0.717) is 0 Å². The second-order valence-corrected chi connectivity index (χ2v) is 4.72. The van der Waals surface area contributed by atoms with Gasteiger partial charge in [-0.2, -0.15) is 0 Å². The van der Waals surface area contributed by atoms with Crippen molar-refractivity contribution in [3.63, 3.8) is 0 Å². The lowest BCUT2D eigenvalue weighted by atomic mass is 10.1. The number of halogens is 1. The summed E-state index contributed by atoms with van der Waals surface area (Å²) in [5.41, 5.74) is 2.36. The molecule has 2 aromatic rings. The van der Waals surface area contributed by atoms with Crippen LogP contribution in [0.2, 0.25) is 0 Å². The second kappa shape index (κ2) is 4.78. The van der Waals surface area contributed by atoms with E-state index in [0.717, 1.165) is 28.8 Å². The molecule has 0 N–H and O–H groups in total. The van der Waals surface area contributed by atoms with Gasteiger partial charge in [0.1, 0.15) is 6.33 Å². The van der Waals surface area contributed by atoms with E-state index < -0.39 is 0 Å². The molecule has 0 bridgehead atoms. The molecule has 1 aromatic carbocycles. The second-order valence-electron chi connectivity index (χ2n) is 3.81.